The fraction of sp³-hybridized carbons (Fsp3) is 0.0667. The quantitative estimate of drug-likeness (QED) is 0.538. The third-order valence-corrected chi connectivity index (χ3v) is 3.38. The lowest BCUT2D eigenvalue weighted by Crippen LogP contribution is -1.98. The molecule has 0 saturated carbocycles. The van der Waals surface area contributed by atoms with E-state index < -0.39 is 15.5 Å². The normalized spacial score (nSPS) is 11.7. The van der Waals surface area contributed by atoms with Crippen molar-refractivity contribution in [3.05, 3.63) is 61.7 Å². The summed E-state index contributed by atoms with van der Waals surface area (Å²) in [5, 5.41) is 22.2. The minimum Gasteiger partial charge on any atom is -0.497 e. The predicted molar refractivity (Wildman–Crippen MR) is 81.7 cm³/mol. The molecule has 23 heavy (non-hydrogen) atoms. The van der Waals surface area contributed by atoms with Gasteiger partial charge in [-0.15, -0.1) is 0 Å². The van der Waals surface area contributed by atoms with Crippen LogP contribution in [0, 0.1) is 20.2 Å². The van der Waals surface area contributed by atoms with E-state index in [1.807, 2.05) is 0 Å². The highest BCUT2D eigenvalue weighted by molar-refractivity contribution is 5.83. The third kappa shape index (κ3) is 2.57. The van der Waals surface area contributed by atoms with Gasteiger partial charge in [0.25, 0.3) is 11.4 Å². The minimum absolute atomic E-state index is 0.0501. The number of rotatable bonds is 3. The van der Waals surface area contributed by atoms with E-state index in [1.54, 1.807) is 24.3 Å². The molecule has 0 spiro atoms. The van der Waals surface area contributed by atoms with Crippen molar-refractivity contribution in [2.45, 2.75) is 0 Å². The van der Waals surface area contributed by atoms with E-state index in [2.05, 4.69) is 0 Å². The SMILES string of the molecule is COc1ccc2c(c1)Oc1cc([N+](=O)[O-])cc([N+](=O)[O-])c1C=C2. The molecule has 0 amide bonds. The van der Waals surface area contributed by atoms with Crippen LogP contribution in [-0.2, 0) is 0 Å². The Kier molecular flexibility index (Phi) is 3.41. The maximum absolute atomic E-state index is 11.2. The Morgan fingerprint density at radius 2 is 1.78 bits per heavy atom. The lowest BCUT2D eigenvalue weighted by molar-refractivity contribution is -0.394. The lowest BCUT2D eigenvalue weighted by Gasteiger charge is -2.10. The first kappa shape index (κ1) is 14.5. The largest absolute Gasteiger partial charge is 0.497 e. The Bertz CT molecular complexity index is 859. The van der Waals surface area contributed by atoms with Crippen molar-refractivity contribution in [3.8, 4) is 17.2 Å². The number of ether oxygens (including phenoxy) is 2. The van der Waals surface area contributed by atoms with Crippen LogP contribution in [0.1, 0.15) is 11.1 Å². The Labute approximate surface area is 129 Å². The molecule has 116 valence electrons. The Morgan fingerprint density at radius 1 is 1.00 bits per heavy atom. The van der Waals surface area contributed by atoms with Crippen molar-refractivity contribution in [1.29, 1.82) is 0 Å². The Balaban J connectivity index is 2.21. The number of nitrogens with zero attached hydrogens (tertiary/aromatic N) is 2. The zero-order valence-corrected chi connectivity index (χ0v) is 11.9. The predicted octanol–water partition coefficient (Wildman–Crippen LogP) is 3.79. The second-order valence-corrected chi connectivity index (χ2v) is 4.73. The molecule has 0 saturated heterocycles. The number of hydrogen-bond acceptors (Lipinski definition) is 6. The van der Waals surface area contributed by atoms with E-state index >= 15 is 0 Å². The van der Waals surface area contributed by atoms with Gasteiger partial charge >= 0.3 is 0 Å². The highest BCUT2D eigenvalue weighted by Gasteiger charge is 2.25. The zero-order chi connectivity index (χ0) is 16.6. The highest BCUT2D eigenvalue weighted by atomic mass is 16.6. The van der Waals surface area contributed by atoms with Crippen LogP contribution in [0.2, 0.25) is 0 Å². The van der Waals surface area contributed by atoms with Crippen LogP contribution < -0.4 is 9.47 Å². The maximum Gasteiger partial charge on any atom is 0.287 e. The summed E-state index contributed by atoms with van der Waals surface area (Å²) in [4.78, 5) is 20.8. The van der Waals surface area contributed by atoms with E-state index in [1.165, 1.54) is 19.3 Å². The number of non-ortho nitro benzene ring substituents is 1. The van der Waals surface area contributed by atoms with Gasteiger partial charge in [-0.2, -0.15) is 0 Å². The summed E-state index contributed by atoms with van der Waals surface area (Å²) in [6, 6.07) is 7.15. The first-order valence-electron chi connectivity index (χ1n) is 6.50. The molecule has 0 N–H and O–H groups in total. The molecule has 1 aliphatic heterocycles. The number of methoxy groups -OCH3 is 1. The van der Waals surface area contributed by atoms with Gasteiger partial charge in [-0.3, -0.25) is 20.2 Å². The van der Waals surface area contributed by atoms with Crippen LogP contribution in [0.3, 0.4) is 0 Å². The second kappa shape index (κ2) is 5.41. The summed E-state index contributed by atoms with van der Waals surface area (Å²) in [5.74, 6) is 0.990. The summed E-state index contributed by atoms with van der Waals surface area (Å²) in [7, 11) is 1.50. The van der Waals surface area contributed by atoms with Gasteiger partial charge in [0, 0.05) is 11.6 Å². The zero-order valence-electron chi connectivity index (χ0n) is 11.9. The van der Waals surface area contributed by atoms with Gasteiger partial charge in [0.05, 0.1) is 34.7 Å². The topological polar surface area (TPSA) is 105 Å². The molecule has 0 fully saturated rings. The molecule has 8 heteroatoms. The van der Waals surface area contributed by atoms with Crippen LogP contribution in [-0.4, -0.2) is 17.0 Å². The summed E-state index contributed by atoms with van der Waals surface area (Å²) >= 11 is 0. The van der Waals surface area contributed by atoms with E-state index in [4.69, 9.17) is 9.47 Å². The molecule has 0 bridgehead atoms. The molecular formula is C15H10N2O6. The van der Waals surface area contributed by atoms with Gasteiger partial charge in [-0.25, -0.2) is 0 Å². The molecule has 0 atom stereocenters. The summed E-state index contributed by atoms with van der Waals surface area (Å²) in [5.41, 5.74) is 0.0649. The molecule has 1 heterocycles. The smallest absolute Gasteiger partial charge is 0.287 e. The van der Waals surface area contributed by atoms with E-state index in [-0.39, 0.29) is 17.0 Å². The molecule has 1 aliphatic rings. The summed E-state index contributed by atoms with van der Waals surface area (Å²) < 4.78 is 10.8. The van der Waals surface area contributed by atoms with Crippen molar-refractivity contribution in [2.24, 2.45) is 0 Å². The van der Waals surface area contributed by atoms with E-state index in [0.717, 1.165) is 6.07 Å². The second-order valence-electron chi connectivity index (χ2n) is 4.73. The lowest BCUT2D eigenvalue weighted by atomic mass is 10.1. The first-order chi connectivity index (χ1) is 11.0. The molecule has 2 aromatic carbocycles. The van der Waals surface area contributed by atoms with Gasteiger partial charge in [0.1, 0.15) is 17.2 Å². The van der Waals surface area contributed by atoms with Crippen molar-refractivity contribution in [1.82, 2.24) is 0 Å². The number of benzene rings is 2. The highest BCUT2D eigenvalue weighted by Crippen LogP contribution is 2.41. The van der Waals surface area contributed by atoms with Crippen LogP contribution >= 0.6 is 0 Å². The van der Waals surface area contributed by atoms with Crippen LogP contribution in [0.15, 0.2) is 30.3 Å². The van der Waals surface area contributed by atoms with Crippen molar-refractivity contribution in [3.63, 3.8) is 0 Å². The van der Waals surface area contributed by atoms with E-state index in [9.17, 15) is 20.2 Å². The molecule has 0 unspecified atom stereocenters. The fourth-order valence-corrected chi connectivity index (χ4v) is 2.27. The molecule has 0 radical (unpaired) electrons. The summed E-state index contributed by atoms with van der Waals surface area (Å²) in [6.45, 7) is 0. The van der Waals surface area contributed by atoms with Gasteiger partial charge in [0.2, 0.25) is 0 Å². The van der Waals surface area contributed by atoms with Crippen molar-refractivity contribution in [2.75, 3.05) is 7.11 Å². The molecule has 2 aromatic rings. The molecule has 3 rings (SSSR count). The molecule has 0 aliphatic carbocycles. The van der Waals surface area contributed by atoms with Crippen LogP contribution in [0.5, 0.6) is 17.2 Å². The van der Waals surface area contributed by atoms with Crippen molar-refractivity contribution < 1.29 is 19.3 Å². The minimum atomic E-state index is -0.697. The van der Waals surface area contributed by atoms with Gasteiger partial charge < -0.3 is 9.47 Å². The molecule has 8 nitrogen and oxygen atoms in total. The van der Waals surface area contributed by atoms with Crippen molar-refractivity contribution >= 4 is 23.5 Å². The fourth-order valence-electron chi connectivity index (χ4n) is 2.27. The molecule has 0 aromatic heterocycles. The molecular weight excluding hydrogens is 304 g/mol. The Morgan fingerprint density at radius 3 is 2.43 bits per heavy atom. The standard InChI is InChI=1S/C15H10N2O6/c1-22-11-4-2-9-3-5-12-13(17(20)21)6-10(16(18)19)7-15(12)23-14(9)8-11/h2-8H,1H3. The summed E-state index contributed by atoms with van der Waals surface area (Å²) in [6.07, 6.45) is 3.16. The number of nitro benzene ring substituents is 2. The number of nitro groups is 2. The monoisotopic (exact) mass is 314 g/mol. The number of fused-ring (bicyclic) bond motifs is 2. The van der Waals surface area contributed by atoms with E-state index in [0.29, 0.717) is 17.1 Å². The van der Waals surface area contributed by atoms with Gasteiger partial charge in [0.15, 0.2) is 0 Å². The van der Waals surface area contributed by atoms with Gasteiger partial charge in [-0.05, 0) is 18.2 Å². The third-order valence-electron chi connectivity index (χ3n) is 3.38. The van der Waals surface area contributed by atoms with Crippen LogP contribution in [0.25, 0.3) is 12.2 Å². The average molecular weight is 314 g/mol. The van der Waals surface area contributed by atoms with Gasteiger partial charge in [-0.1, -0.05) is 6.08 Å². The first-order valence-corrected chi connectivity index (χ1v) is 6.50. The van der Waals surface area contributed by atoms with Crippen LogP contribution in [0.4, 0.5) is 11.4 Å². The Hall–Kier alpha value is -3.42. The number of hydrogen-bond donors (Lipinski definition) is 0. The maximum atomic E-state index is 11.2. The average Bonchev–Trinajstić information content (AvgIpc) is 2.71.